The number of fused-ring (bicyclic) bond motifs is 1. The first-order valence-electron chi connectivity index (χ1n) is 7.38. The predicted octanol–water partition coefficient (Wildman–Crippen LogP) is 3.21. The Balaban J connectivity index is 2.36. The topological polar surface area (TPSA) is 60.9 Å². The minimum Gasteiger partial charge on any atom is -0.330 e. The molecule has 0 aliphatic rings. The minimum absolute atomic E-state index is 0.0684. The molecule has 0 bridgehead atoms. The molecule has 7 heteroatoms. The smallest absolute Gasteiger partial charge is 0.267 e. The van der Waals surface area contributed by atoms with Crippen LogP contribution in [0.2, 0.25) is 5.02 Å². The summed E-state index contributed by atoms with van der Waals surface area (Å²) in [5.74, 6) is -1.17. The SMILES string of the molecule is NCCCc1nc2cccc(Cl)c2c(=O)n1-c1cc(F)cc(F)c1. The summed E-state index contributed by atoms with van der Waals surface area (Å²) in [5, 5.41) is 0.446. The van der Waals surface area contributed by atoms with E-state index in [2.05, 4.69) is 4.98 Å². The number of benzene rings is 2. The van der Waals surface area contributed by atoms with Gasteiger partial charge in [-0.15, -0.1) is 0 Å². The van der Waals surface area contributed by atoms with Crippen molar-refractivity contribution in [3.05, 3.63) is 69.2 Å². The van der Waals surface area contributed by atoms with E-state index in [-0.39, 0.29) is 16.1 Å². The Hall–Kier alpha value is -2.31. The summed E-state index contributed by atoms with van der Waals surface area (Å²) in [6, 6.07) is 7.85. The number of rotatable bonds is 4. The van der Waals surface area contributed by atoms with Crippen molar-refractivity contribution in [1.29, 1.82) is 0 Å². The molecule has 0 radical (unpaired) electrons. The number of nitrogens with zero attached hydrogens (tertiary/aromatic N) is 2. The van der Waals surface area contributed by atoms with Crippen LogP contribution in [0, 0.1) is 11.6 Å². The highest BCUT2D eigenvalue weighted by Gasteiger charge is 2.16. The molecule has 1 heterocycles. The van der Waals surface area contributed by atoms with Crippen molar-refractivity contribution in [3.63, 3.8) is 0 Å². The summed E-state index contributed by atoms with van der Waals surface area (Å²) >= 11 is 6.12. The van der Waals surface area contributed by atoms with E-state index in [1.165, 1.54) is 4.57 Å². The maximum absolute atomic E-state index is 13.6. The van der Waals surface area contributed by atoms with Gasteiger partial charge in [0.25, 0.3) is 5.56 Å². The van der Waals surface area contributed by atoms with Crippen molar-refractivity contribution in [2.75, 3.05) is 6.54 Å². The summed E-state index contributed by atoms with van der Waals surface area (Å²) in [4.78, 5) is 17.4. The monoisotopic (exact) mass is 349 g/mol. The third-order valence-electron chi connectivity index (χ3n) is 3.63. The fourth-order valence-electron chi connectivity index (χ4n) is 2.60. The Morgan fingerprint density at radius 3 is 2.54 bits per heavy atom. The Kier molecular flexibility index (Phi) is 4.59. The van der Waals surface area contributed by atoms with Crippen LogP contribution in [-0.4, -0.2) is 16.1 Å². The molecular weight excluding hydrogens is 336 g/mol. The molecule has 2 N–H and O–H groups in total. The van der Waals surface area contributed by atoms with Crippen LogP contribution in [0.4, 0.5) is 8.78 Å². The average molecular weight is 350 g/mol. The normalized spacial score (nSPS) is 11.2. The molecule has 1 aromatic heterocycles. The number of nitrogens with two attached hydrogens (primary N) is 1. The second kappa shape index (κ2) is 6.67. The minimum atomic E-state index is -0.777. The molecule has 0 aliphatic heterocycles. The number of aryl methyl sites for hydroxylation is 1. The highest BCUT2D eigenvalue weighted by molar-refractivity contribution is 6.35. The lowest BCUT2D eigenvalue weighted by Crippen LogP contribution is -2.25. The molecule has 0 unspecified atom stereocenters. The molecular formula is C17H14ClF2N3O. The third kappa shape index (κ3) is 3.02. The fourth-order valence-corrected chi connectivity index (χ4v) is 2.85. The summed E-state index contributed by atoms with van der Waals surface area (Å²) in [5.41, 5.74) is 5.57. The Bertz CT molecular complexity index is 952. The van der Waals surface area contributed by atoms with Gasteiger partial charge in [-0.2, -0.15) is 0 Å². The average Bonchev–Trinajstić information content (AvgIpc) is 2.51. The molecule has 0 saturated heterocycles. The number of halogens is 3. The molecule has 0 amide bonds. The first kappa shape index (κ1) is 16.5. The number of aromatic nitrogens is 2. The number of hydrogen-bond donors (Lipinski definition) is 1. The number of hydrogen-bond acceptors (Lipinski definition) is 3. The van der Waals surface area contributed by atoms with Crippen molar-refractivity contribution < 1.29 is 8.78 Å². The Morgan fingerprint density at radius 1 is 1.17 bits per heavy atom. The van der Waals surface area contributed by atoms with Gasteiger partial charge in [0.15, 0.2) is 0 Å². The summed E-state index contributed by atoms with van der Waals surface area (Å²) in [6.07, 6.45) is 0.975. The van der Waals surface area contributed by atoms with Crippen LogP contribution in [0.3, 0.4) is 0 Å². The van der Waals surface area contributed by atoms with Gasteiger partial charge in [-0.05, 0) is 37.2 Å². The van der Waals surface area contributed by atoms with Gasteiger partial charge in [0.05, 0.1) is 21.6 Å². The van der Waals surface area contributed by atoms with E-state index < -0.39 is 17.2 Å². The van der Waals surface area contributed by atoms with E-state index in [9.17, 15) is 13.6 Å². The summed E-state index contributed by atoms with van der Waals surface area (Å²) in [6.45, 7) is 0.404. The van der Waals surface area contributed by atoms with Crippen LogP contribution < -0.4 is 11.3 Å². The summed E-state index contributed by atoms with van der Waals surface area (Å²) in [7, 11) is 0. The maximum atomic E-state index is 13.6. The molecule has 4 nitrogen and oxygen atoms in total. The van der Waals surface area contributed by atoms with Crippen LogP contribution in [0.15, 0.2) is 41.2 Å². The molecule has 24 heavy (non-hydrogen) atoms. The lowest BCUT2D eigenvalue weighted by atomic mass is 10.2. The van der Waals surface area contributed by atoms with Gasteiger partial charge in [0, 0.05) is 12.5 Å². The van der Waals surface area contributed by atoms with Gasteiger partial charge in [-0.3, -0.25) is 9.36 Å². The van der Waals surface area contributed by atoms with Gasteiger partial charge < -0.3 is 5.73 Å². The Labute approximate surface area is 141 Å². The quantitative estimate of drug-likeness (QED) is 0.786. The van der Waals surface area contributed by atoms with Crippen molar-refractivity contribution >= 4 is 22.5 Å². The van der Waals surface area contributed by atoms with E-state index in [0.717, 1.165) is 18.2 Å². The molecule has 3 rings (SSSR count). The first-order valence-corrected chi connectivity index (χ1v) is 7.75. The molecule has 0 aliphatic carbocycles. The molecule has 0 fully saturated rings. The fraction of sp³-hybridized carbons (Fsp3) is 0.176. The van der Waals surface area contributed by atoms with Crippen LogP contribution in [0.5, 0.6) is 0 Å². The van der Waals surface area contributed by atoms with Crippen LogP contribution in [0.1, 0.15) is 12.2 Å². The maximum Gasteiger partial charge on any atom is 0.267 e. The second-order valence-electron chi connectivity index (χ2n) is 5.32. The van der Waals surface area contributed by atoms with E-state index in [1.54, 1.807) is 18.2 Å². The molecule has 0 spiro atoms. The zero-order valence-corrected chi connectivity index (χ0v) is 13.4. The van der Waals surface area contributed by atoms with Gasteiger partial charge in [-0.1, -0.05) is 17.7 Å². The lowest BCUT2D eigenvalue weighted by Gasteiger charge is -2.14. The third-order valence-corrected chi connectivity index (χ3v) is 3.94. The first-order chi connectivity index (χ1) is 11.5. The largest absolute Gasteiger partial charge is 0.330 e. The van der Waals surface area contributed by atoms with Crippen molar-refractivity contribution in [2.24, 2.45) is 5.73 Å². The molecule has 2 aromatic carbocycles. The van der Waals surface area contributed by atoms with Crippen LogP contribution in [0.25, 0.3) is 16.6 Å². The van der Waals surface area contributed by atoms with Gasteiger partial charge >= 0.3 is 0 Å². The highest BCUT2D eigenvalue weighted by Crippen LogP contribution is 2.21. The van der Waals surface area contributed by atoms with Crippen LogP contribution >= 0.6 is 11.6 Å². The zero-order valence-electron chi connectivity index (χ0n) is 12.6. The van der Waals surface area contributed by atoms with Crippen molar-refractivity contribution in [1.82, 2.24) is 9.55 Å². The Morgan fingerprint density at radius 2 is 1.88 bits per heavy atom. The van der Waals surface area contributed by atoms with Crippen molar-refractivity contribution in [3.8, 4) is 5.69 Å². The highest BCUT2D eigenvalue weighted by atomic mass is 35.5. The van der Waals surface area contributed by atoms with Crippen molar-refractivity contribution in [2.45, 2.75) is 12.8 Å². The van der Waals surface area contributed by atoms with Gasteiger partial charge in [0.2, 0.25) is 0 Å². The molecule has 124 valence electrons. The molecule has 3 aromatic rings. The molecule has 0 saturated carbocycles. The summed E-state index contributed by atoms with van der Waals surface area (Å²) < 4.78 is 28.4. The van der Waals surface area contributed by atoms with E-state index >= 15 is 0 Å². The predicted molar refractivity (Wildman–Crippen MR) is 89.6 cm³/mol. The van der Waals surface area contributed by atoms with Crippen LogP contribution in [-0.2, 0) is 6.42 Å². The lowest BCUT2D eigenvalue weighted by molar-refractivity contribution is 0.580. The standard InChI is InChI=1S/C17H14ClF2N3O/c18-13-3-1-4-14-16(13)17(24)23(15(22-14)5-2-6-21)12-8-10(19)7-11(20)9-12/h1,3-4,7-9H,2,5-6,21H2. The van der Waals surface area contributed by atoms with Gasteiger partial charge in [-0.25, -0.2) is 13.8 Å². The van der Waals surface area contributed by atoms with E-state index in [0.29, 0.717) is 30.7 Å². The zero-order chi connectivity index (χ0) is 17.3. The second-order valence-corrected chi connectivity index (χ2v) is 5.73. The van der Waals surface area contributed by atoms with E-state index in [1.807, 2.05) is 0 Å². The van der Waals surface area contributed by atoms with Gasteiger partial charge in [0.1, 0.15) is 17.5 Å². The van der Waals surface area contributed by atoms with E-state index in [4.69, 9.17) is 17.3 Å². The molecule has 0 atom stereocenters.